The third kappa shape index (κ3) is 8.56. The van der Waals surface area contributed by atoms with Crippen LogP contribution in [0.2, 0.25) is 0 Å². The van der Waals surface area contributed by atoms with Crippen LogP contribution in [0, 0.1) is 32.4 Å². The van der Waals surface area contributed by atoms with E-state index in [0.717, 1.165) is 22.8 Å². The van der Waals surface area contributed by atoms with Gasteiger partial charge in [0.2, 0.25) is 0 Å². The van der Waals surface area contributed by atoms with Gasteiger partial charge in [-0.05, 0) is 98.0 Å². The van der Waals surface area contributed by atoms with Gasteiger partial charge in [-0.15, -0.1) is 0 Å². The summed E-state index contributed by atoms with van der Waals surface area (Å²) in [4.78, 5) is 26.9. The van der Waals surface area contributed by atoms with E-state index >= 15 is 0 Å². The van der Waals surface area contributed by atoms with Gasteiger partial charge < -0.3 is 20.5 Å². The molecule has 2 unspecified atom stereocenters. The van der Waals surface area contributed by atoms with E-state index in [1.165, 1.54) is 18.2 Å². The average molecular weight is 587 g/mol. The summed E-state index contributed by atoms with van der Waals surface area (Å²) in [5.41, 5.74) is 4.86. The lowest BCUT2D eigenvalue weighted by atomic mass is 9.94. The fourth-order valence-corrected chi connectivity index (χ4v) is 4.99. The van der Waals surface area contributed by atoms with Crippen LogP contribution in [0.25, 0.3) is 0 Å². The summed E-state index contributed by atoms with van der Waals surface area (Å²) in [6, 6.07) is 20.2. The highest BCUT2D eigenvalue weighted by molar-refractivity contribution is 6.11. The molecular weight excluding hydrogens is 550 g/mol. The number of aliphatic hydroxyl groups excluding tert-OH is 1. The molecule has 3 N–H and O–H groups in total. The van der Waals surface area contributed by atoms with Crippen LogP contribution >= 0.6 is 0 Å². The normalized spacial score (nSPS) is 12.4. The standard InChI is InChI=1S/C35H36F2N2O4/c1-21-8-9-23(3)31(12-21)34(41)26-10-22(2)11-27(17-26)35(42)39-32(16-25-13-28(36)18-29(37)14-25)33(40)20-38-19-24-6-5-7-30(15-24)43-4/h5-15,17-18,32-33,38,40H,16,19-20H2,1-4H3,(H,39,42). The third-order valence-corrected chi connectivity index (χ3v) is 7.22. The first-order valence-corrected chi connectivity index (χ1v) is 14.0. The van der Waals surface area contributed by atoms with Gasteiger partial charge in [0.05, 0.1) is 19.3 Å². The van der Waals surface area contributed by atoms with Crippen molar-refractivity contribution in [3.63, 3.8) is 0 Å². The number of carbonyl (C=O) groups is 2. The first kappa shape index (κ1) is 31.5. The minimum atomic E-state index is -1.11. The Morgan fingerprint density at radius 3 is 2.28 bits per heavy atom. The van der Waals surface area contributed by atoms with E-state index < -0.39 is 29.7 Å². The molecule has 224 valence electrons. The van der Waals surface area contributed by atoms with Crippen LogP contribution in [-0.2, 0) is 13.0 Å². The molecule has 0 aliphatic rings. The Morgan fingerprint density at radius 2 is 1.56 bits per heavy atom. The number of benzene rings is 4. The molecule has 0 heterocycles. The van der Waals surface area contributed by atoms with Crippen molar-refractivity contribution in [2.24, 2.45) is 0 Å². The van der Waals surface area contributed by atoms with Gasteiger partial charge in [-0.25, -0.2) is 8.78 Å². The number of ketones is 1. The maximum Gasteiger partial charge on any atom is 0.251 e. The predicted molar refractivity (Wildman–Crippen MR) is 163 cm³/mol. The van der Waals surface area contributed by atoms with E-state index in [2.05, 4.69) is 10.6 Å². The van der Waals surface area contributed by atoms with Crippen LogP contribution < -0.4 is 15.4 Å². The van der Waals surface area contributed by atoms with E-state index in [-0.39, 0.29) is 29.9 Å². The van der Waals surface area contributed by atoms with Crippen LogP contribution in [0.1, 0.15) is 54.1 Å². The number of halogens is 2. The van der Waals surface area contributed by atoms with Crippen molar-refractivity contribution < 1.29 is 28.2 Å². The highest BCUT2D eigenvalue weighted by Gasteiger charge is 2.24. The van der Waals surface area contributed by atoms with Gasteiger partial charge in [-0.1, -0.05) is 29.8 Å². The quantitative estimate of drug-likeness (QED) is 0.188. The Bertz CT molecular complexity index is 1600. The first-order valence-electron chi connectivity index (χ1n) is 14.0. The van der Waals surface area contributed by atoms with Crippen LogP contribution in [0.4, 0.5) is 8.78 Å². The number of aliphatic hydroxyl groups is 1. The zero-order valence-corrected chi connectivity index (χ0v) is 24.7. The van der Waals surface area contributed by atoms with E-state index in [1.807, 2.05) is 56.3 Å². The summed E-state index contributed by atoms with van der Waals surface area (Å²) in [5.74, 6) is -1.52. The molecule has 2 atom stereocenters. The molecule has 4 aromatic rings. The summed E-state index contributed by atoms with van der Waals surface area (Å²) in [6.07, 6.45) is -1.13. The second-order valence-corrected chi connectivity index (χ2v) is 10.8. The van der Waals surface area contributed by atoms with Gasteiger partial charge >= 0.3 is 0 Å². The van der Waals surface area contributed by atoms with Crippen molar-refractivity contribution in [2.75, 3.05) is 13.7 Å². The largest absolute Gasteiger partial charge is 0.497 e. The Morgan fingerprint density at radius 1 is 0.837 bits per heavy atom. The van der Waals surface area contributed by atoms with Crippen LogP contribution in [0.15, 0.2) is 78.9 Å². The number of nitrogens with one attached hydrogen (secondary N) is 2. The molecule has 43 heavy (non-hydrogen) atoms. The number of rotatable bonds is 12. The number of hydrogen-bond donors (Lipinski definition) is 3. The van der Waals surface area contributed by atoms with Gasteiger partial charge in [0.25, 0.3) is 5.91 Å². The summed E-state index contributed by atoms with van der Waals surface area (Å²) in [5, 5.41) is 17.1. The second-order valence-electron chi connectivity index (χ2n) is 10.8. The molecule has 0 fully saturated rings. The molecule has 8 heteroatoms. The molecule has 1 amide bonds. The summed E-state index contributed by atoms with van der Waals surface area (Å²) < 4.78 is 33.2. The highest BCUT2D eigenvalue weighted by atomic mass is 19.1. The number of aryl methyl sites for hydroxylation is 3. The fraction of sp³-hybridized carbons (Fsp3) is 0.257. The zero-order chi connectivity index (χ0) is 31.1. The van der Waals surface area contributed by atoms with Gasteiger partial charge in [-0.3, -0.25) is 9.59 Å². The van der Waals surface area contributed by atoms with Crippen molar-refractivity contribution >= 4 is 11.7 Å². The number of ether oxygens (including phenoxy) is 1. The SMILES string of the molecule is COc1cccc(CNCC(O)C(Cc2cc(F)cc(F)c2)NC(=O)c2cc(C)cc(C(=O)c3cc(C)ccc3C)c2)c1. The average Bonchev–Trinajstić information content (AvgIpc) is 2.96. The zero-order valence-electron chi connectivity index (χ0n) is 24.7. The molecule has 0 radical (unpaired) electrons. The van der Waals surface area contributed by atoms with Crippen LogP contribution in [0.3, 0.4) is 0 Å². The molecule has 4 rings (SSSR count). The Kier molecular flexibility index (Phi) is 10.4. The maximum absolute atomic E-state index is 14.0. The molecule has 0 aliphatic heterocycles. The van der Waals surface area contributed by atoms with Gasteiger partial charge in [0, 0.05) is 35.8 Å². The molecule has 0 bridgehead atoms. The first-order chi connectivity index (χ1) is 20.5. The lowest BCUT2D eigenvalue weighted by molar-refractivity contribution is 0.0829. The van der Waals surface area contributed by atoms with Crippen molar-refractivity contribution in [2.45, 2.75) is 45.9 Å². The second kappa shape index (κ2) is 14.2. The summed E-state index contributed by atoms with van der Waals surface area (Å²) >= 11 is 0. The van der Waals surface area contributed by atoms with Crippen molar-refractivity contribution in [1.29, 1.82) is 0 Å². The fourth-order valence-electron chi connectivity index (χ4n) is 4.99. The molecule has 0 saturated heterocycles. The topological polar surface area (TPSA) is 87.7 Å². The summed E-state index contributed by atoms with van der Waals surface area (Å²) in [7, 11) is 1.58. The lowest BCUT2D eigenvalue weighted by Gasteiger charge is -2.25. The van der Waals surface area contributed by atoms with E-state index in [0.29, 0.717) is 29.0 Å². The van der Waals surface area contributed by atoms with Crippen molar-refractivity contribution in [3.05, 3.63) is 135 Å². The lowest BCUT2D eigenvalue weighted by Crippen LogP contribution is -2.48. The predicted octanol–water partition coefficient (Wildman–Crippen LogP) is 5.62. The Labute approximate surface area is 250 Å². The van der Waals surface area contributed by atoms with E-state index in [1.54, 1.807) is 26.2 Å². The molecule has 0 aromatic heterocycles. The minimum absolute atomic E-state index is 0.0253. The molecule has 0 aliphatic carbocycles. The number of carbonyl (C=O) groups excluding carboxylic acids is 2. The smallest absolute Gasteiger partial charge is 0.251 e. The Balaban J connectivity index is 1.55. The molecule has 0 saturated carbocycles. The highest BCUT2D eigenvalue weighted by Crippen LogP contribution is 2.20. The van der Waals surface area contributed by atoms with E-state index in [9.17, 15) is 23.5 Å². The Hall–Kier alpha value is -4.40. The monoisotopic (exact) mass is 586 g/mol. The van der Waals surface area contributed by atoms with Gasteiger partial charge in [0.15, 0.2) is 5.78 Å². The number of hydrogen-bond acceptors (Lipinski definition) is 5. The number of methoxy groups -OCH3 is 1. The maximum atomic E-state index is 14.0. The van der Waals surface area contributed by atoms with Gasteiger partial charge in [0.1, 0.15) is 17.4 Å². The van der Waals surface area contributed by atoms with Crippen LogP contribution in [0.5, 0.6) is 5.75 Å². The molecule has 6 nitrogen and oxygen atoms in total. The van der Waals surface area contributed by atoms with E-state index in [4.69, 9.17) is 4.74 Å². The molecule has 4 aromatic carbocycles. The molecule has 0 spiro atoms. The third-order valence-electron chi connectivity index (χ3n) is 7.22. The van der Waals surface area contributed by atoms with Crippen molar-refractivity contribution in [3.8, 4) is 5.75 Å². The summed E-state index contributed by atoms with van der Waals surface area (Å²) in [6.45, 7) is 6.07. The van der Waals surface area contributed by atoms with Crippen molar-refractivity contribution in [1.82, 2.24) is 10.6 Å². The molecular formula is C35H36F2N2O4. The number of amides is 1. The van der Waals surface area contributed by atoms with Gasteiger partial charge in [-0.2, -0.15) is 0 Å². The van der Waals surface area contributed by atoms with Crippen LogP contribution in [-0.4, -0.2) is 42.6 Å². The minimum Gasteiger partial charge on any atom is -0.497 e.